The maximum absolute atomic E-state index is 8.93. The van der Waals surface area contributed by atoms with Gasteiger partial charge in [-0.2, -0.15) is 0 Å². The van der Waals surface area contributed by atoms with Crippen molar-refractivity contribution in [3.63, 3.8) is 0 Å². The lowest BCUT2D eigenvalue weighted by Crippen LogP contribution is -2.16. The van der Waals surface area contributed by atoms with Gasteiger partial charge in [-0.15, -0.1) is 19.8 Å². The first kappa shape index (κ1) is 55.7. The summed E-state index contributed by atoms with van der Waals surface area (Å²) < 4.78 is 0. The Balaban J connectivity index is -0.00000000989. The molecule has 0 fully saturated rings. The number of hydrogen-bond acceptors (Lipinski definition) is 5. The van der Waals surface area contributed by atoms with Gasteiger partial charge in [-0.1, -0.05) is 20.8 Å². The predicted octanol–water partition coefficient (Wildman–Crippen LogP) is -1.64. The average molecular weight is 266 g/mol. The van der Waals surface area contributed by atoms with Crippen LogP contribution in [0.25, 0.3) is 0 Å². The van der Waals surface area contributed by atoms with Crippen LogP contribution in [0.15, 0.2) is 0 Å². The topological polar surface area (TPSA) is 255 Å². The van der Waals surface area contributed by atoms with Gasteiger partial charge in [0.05, 0.1) is 0 Å². The number of aliphatic carboxylic acids is 1. The van der Waals surface area contributed by atoms with E-state index < -0.39 is 5.97 Å². The summed E-state index contributed by atoms with van der Waals surface area (Å²) in [6.07, 6.45) is 0. The maximum atomic E-state index is 8.93. The first-order valence-electron chi connectivity index (χ1n) is 3.90. The van der Waals surface area contributed by atoms with E-state index in [2.05, 4.69) is 0 Å². The fraction of sp³-hybridized carbons (Fsp3) is 0.875. The highest BCUT2D eigenvalue weighted by Crippen LogP contribution is 1.31. The molecule has 116 valence electrons. The van der Waals surface area contributed by atoms with Crippen molar-refractivity contribution in [2.75, 3.05) is 19.8 Å². The monoisotopic (exact) mass is 266 g/mol. The van der Waals surface area contributed by atoms with Crippen molar-refractivity contribution in [2.24, 2.45) is 0 Å². The van der Waals surface area contributed by atoms with E-state index in [0.717, 1.165) is 6.92 Å². The fourth-order valence-electron chi connectivity index (χ4n) is 0. The summed E-state index contributed by atoms with van der Waals surface area (Å²) in [4.78, 5) is 8.89. The van der Waals surface area contributed by atoms with Crippen molar-refractivity contribution in [3.8, 4) is 0 Å². The van der Waals surface area contributed by atoms with Gasteiger partial charge >= 0.3 is 0 Å². The Labute approximate surface area is 104 Å². The van der Waals surface area contributed by atoms with E-state index in [-0.39, 0.29) is 44.4 Å². The van der Waals surface area contributed by atoms with Gasteiger partial charge in [0.15, 0.2) is 0 Å². The Morgan fingerprint density at radius 1 is 0.765 bits per heavy atom. The van der Waals surface area contributed by atoms with Gasteiger partial charge in [-0.3, -0.25) is 0 Å². The van der Waals surface area contributed by atoms with Crippen molar-refractivity contribution in [1.29, 1.82) is 0 Å². The molecule has 0 heterocycles. The molecule has 0 aromatic heterocycles. The first-order valence-corrected chi connectivity index (χ1v) is 3.90. The third-order valence-corrected chi connectivity index (χ3v) is 0. The first-order chi connectivity index (χ1) is 5.97. The van der Waals surface area contributed by atoms with Gasteiger partial charge < -0.3 is 49.8 Å². The number of carboxylic acid groups (broad SMARTS) is 1. The third-order valence-electron chi connectivity index (χ3n) is 0. The van der Waals surface area contributed by atoms with Crippen LogP contribution in [0.5, 0.6) is 0 Å². The molecular formula is C8H34N4O5. The van der Waals surface area contributed by atoms with Crippen LogP contribution in [0.3, 0.4) is 0 Å². The molecule has 0 saturated carbocycles. The Bertz CT molecular complexity index is 70.2. The second-order valence-corrected chi connectivity index (χ2v) is 1.36. The molecule has 0 aliphatic heterocycles. The van der Waals surface area contributed by atoms with Crippen LogP contribution < -0.4 is 45.0 Å². The largest absolute Gasteiger partial charge is 0.855 e. The number of carbonyl (C=O) groups excluding carboxylic acids is 1. The minimum Gasteiger partial charge on any atom is -0.855 e. The van der Waals surface area contributed by atoms with Crippen LogP contribution in [0.1, 0.15) is 27.7 Å². The van der Waals surface area contributed by atoms with E-state index >= 15 is 0 Å². The molecule has 0 spiro atoms. The van der Waals surface area contributed by atoms with Gasteiger partial charge in [0, 0.05) is 5.97 Å². The van der Waals surface area contributed by atoms with Crippen LogP contribution >= 0.6 is 0 Å². The number of carbonyl (C=O) groups is 1. The Kier molecular flexibility index (Phi) is 372. The molecule has 0 amide bonds. The lowest BCUT2D eigenvalue weighted by Gasteiger charge is -1.79. The quantitative estimate of drug-likeness (QED) is 0.400. The average Bonchev–Trinajstić information content (AvgIpc) is 1.88. The summed E-state index contributed by atoms with van der Waals surface area (Å²) in [7, 11) is 0. The minimum atomic E-state index is -1.08. The molecule has 0 unspecified atom stereocenters. The standard InChI is InChI=1S/C2H4O2.3C2H5O.4H3N/c1-2(3)4;3*1-2-3;;;;/h1H3,(H,3,4);3*2H2,1H3;4*1H3/q;3*-1;;;;/p+3. The number of quaternary nitrogens is 4. The van der Waals surface area contributed by atoms with Crippen LogP contribution in [0, 0.1) is 0 Å². The molecule has 0 bridgehead atoms. The van der Waals surface area contributed by atoms with Crippen molar-refractivity contribution in [2.45, 2.75) is 27.7 Å². The summed E-state index contributed by atoms with van der Waals surface area (Å²) >= 11 is 0. The highest BCUT2D eigenvalue weighted by molar-refractivity contribution is 5.60. The van der Waals surface area contributed by atoms with Crippen LogP contribution in [0.2, 0.25) is 0 Å². The third kappa shape index (κ3) is 4030. The lowest BCUT2D eigenvalue weighted by atomic mass is 10.9. The number of hydrogen-bond donors (Lipinski definition) is 4. The number of rotatable bonds is 0. The Hall–Kier alpha value is -0.810. The molecule has 0 aliphatic carbocycles. The maximum Gasteiger partial charge on any atom is 0.0383 e. The van der Waals surface area contributed by atoms with E-state index in [0.29, 0.717) is 0 Å². The van der Waals surface area contributed by atoms with E-state index in [1.54, 1.807) is 20.8 Å². The zero-order valence-corrected chi connectivity index (χ0v) is 12.7. The molecular weight excluding hydrogens is 232 g/mol. The lowest BCUT2D eigenvalue weighted by molar-refractivity contribution is -0.362. The fourth-order valence-corrected chi connectivity index (χ4v) is 0. The van der Waals surface area contributed by atoms with Gasteiger partial charge in [0.25, 0.3) is 0 Å². The summed E-state index contributed by atoms with van der Waals surface area (Å²) in [5.74, 6) is -1.08. The van der Waals surface area contributed by atoms with Gasteiger partial charge in [-0.05, 0) is 6.92 Å². The van der Waals surface area contributed by atoms with Gasteiger partial charge in [-0.25, -0.2) is 0 Å². The van der Waals surface area contributed by atoms with Crippen LogP contribution in [-0.2, 0) is 4.79 Å². The smallest absolute Gasteiger partial charge is 0.0383 e. The van der Waals surface area contributed by atoms with E-state index in [9.17, 15) is 0 Å². The molecule has 17 heavy (non-hydrogen) atoms. The van der Waals surface area contributed by atoms with E-state index in [4.69, 9.17) is 25.2 Å². The zero-order chi connectivity index (χ0) is 11.7. The predicted molar refractivity (Wildman–Crippen MR) is 66.2 cm³/mol. The van der Waals surface area contributed by atoms with Crippen molar-refractivity contribution in [3.05, 3.63) is 0 Å². The summed E-state index contributed by atoms with van der Waals surface area (Å²) in [6.45, 7) is 5.68. The molecule has 0 saturated heterocycles. The van der Waals surface area contributed by atoms with E-state index in [1.807, 2.05) is 0 Å². The summed E-state index contributed by atoms with van der Waals surface area (Å²) in [5, 5.41) is 35.7. The summed E-state index contributed by atoms with van der Waals surface area (Å²) in [5.41, 5.74) is 0. The van der Waals surface area contributed by atoms with Crippen LogP contribution in [-0.4, -0.2) is 25.8 Å². The van der Waals surface area contributed by atoms with Gasteiger partial charge in [0.1, 0.15) is 0 Å². The van der Waals surface area contributed by atoms with Gasteiger partial charge in [0.2, 0.25) is 0 Å². The SMILES string of the molecule is CC(=O)[O-].CC[O-].CC[O-].CC[O-].[NH4+].[NH4+].[NH4+].[NH4+]. The Morgan fingerprint density at radius 3 is 0.765 bits per heavy atom. The van der Waals surface area contributed by atoms with Crippen LogP contribution in [0.4, 0.5) is 0 Å². The molecule has 0 aliphatic rings. The van der Waals surface area contributed by atoms with Crippen molar-refractivity contribution in [1.82, 2.24) is 24.6 Å². The summed E-state index contributed by atoms with van der Waals surface area (Å²) in [6, 6.07) is 0. The minimum absolute atomic E-state index is 0. The Morgan fingerprint density at radius 2 is 0.765 bits per heavy atom. The number of carboxylic acids is 1. The highest BCUT2D eigenvalue weighted by Gasteiger charge is 1.46. The van der Waals surface area contributed by atoms with Crippen molar-refractivity contribution < 1.29 is 25.2 Å². The van der Waals surface area contributed by atoms with E-state index in [1.165, 1.54) is 0 Å². The van der Waals surface area contributed by atoms with Crippen molar-refractivity contribution >= 4 is 5.97 Å². The molecule has 16 N–H and O–H groups in total. The molecule has 0 aromatic carbocycles. The molecule has 0 aromatic rings. The molecule has 0 radical (unpaired) electrons. The second kappa shape index (κ2) is 114. The normalized spacial score (nSPS) is 4.65. The molecule has 9 heteroatoms. The molecule has 0 rings (SSSR count). The highest BCUT2D eigenvalue weighted by atomic mass is 16.4. The second-order valence-electron chi connectivity index (χ2n) is 1.36. The zero-order valence-electron chi connectivity index (χ0n) is 12.7. The molecule has 9 nitrogen and oxygen atoms in total. The molecule has 0 atom stereocenters.